The molecule has 1 fully saturated rings. The molecule has 2 nitrogen and oxygen atoms in total. The number of carbonyl (C=O) groups excluding carboxylic acids is 1. The summed E-state index contributed by atoms with van der Waals surface area (Å²) in [6.45, 7) is 1.54. The predicted octanol–water partition coefficient (Wildman–Crippen LogP) is -0.427. The molecule has 0 radical (unpaired) electrons. The van der Waals surface area contributed by atoms with Crippen LogP contribution in [0.2, 0.25) is 0 Å². The zero-order chi connectivity index (χ0) is 6.69. The predicted molar refractivity (Wildman–Crippen MR) is 37.1 cm³/mol. The van der Waals surface area contributed by atoms with Crippen LogP contribution in [0.5, 0.6) is 0 Å². The summed E-state index contributed by atoms with van der Waals surface area (Å²) in [5.41, 5.74) is 0.318. The first kappa shape index (κ1) is 6.81. The standard InChI is InChI=1S/C6H11BO2/c7-6(8)5-1-3-9-4-2-5/h5H,1-4,7H2. The molecule has 3 heteroatoms. The van der Waals surface area contributed by atoms with Gasteiger partial charge in [0.25, 0.3) is 0 Å². The van der Waals surface area contributed by atoms with Crippen LogP contribution in [0, 0.1) is 5.92 Å². The molecule has 0 saturated carbocycles. The van der Waals surface area contributed by atoms with Crippen LogP contribution in [-0.2, 0) is 9.53 Å². The Morgan fingerprint density at radius 2 is 2.00 bits per heavy atom. The Labute approximate surface area is 56.0 Å². The summed E-state index contributed by atoms with van der Waals surface area (Å²) in [6.07, 6.45) is 1.85. The molecule has 1 heterocycles. The van der Waals surface area contributed by atoms with Gasteiger partial charge in [-0.3, -0.25) is 0 Å². The molecule has 1 aliphatic rings. The summed E-state index contributed by atoms with van der Waals surface area (Å²) in [7, 11) is 1.66. The lowest BCUT2D eigenvalue weighted by atomic mass is 9.84. The van der Waals surface area contributed by atoms with Gasteiger partial charge in [-0.15, -0.1) is 0 Å². The summed E-state index contributed by atoms with van der Waals surface area (Å²) in [5.74, 6) is 0.291. The van der Waals surface area contributed by atoms with Crippen LogP contribution >= 0.6 is 0 Å². The highest BCUT2D eigenvalue weighted by molar-refractivity contribution is 6.58. The molecular weight excluding hydrogens is 115 g/mol. The first-order chi connectivity index (χ1) is 4.30. The summed E-state index contributed by atoms with van der Waals surface area (Å²) in [6, 6.07) is 0. The van der Waals surface area contributed by atoms with Crippen LogP contribution in [0.25, 0.3) is 0 Å². The second-order valence-electron chi connectivity index (χ2n) is 2.50. The lowest BCUT2D eigenvalue weighted by Gasteiger charge is -2.18. The lowest BCUT2D eigenvalue weighted by molar-refractivity contribution is -0.117. The zero-order valence-corrected chi connectivity index (χ0v) is 5.72. The van der Waals surface area contributed by atoms with Crippen molar-refractivity contribution < 1.29 is 9.53 Å². The van der Waals surface area contributed by atoms with Crippen molar-refractivity contribution in [2.24, 2.45) is 5.92 Å². The highest BCUT2D eigenvalue weighted by Crippen LogP contribution is 2.13. The molecule has 0 atom stereocenters. The summed E-state index contributed by atoms with van der Waals surface area (Å²) < 4.78 is 5.10. The maximum atomic E-state index is 10.7. The first-order valence-electron chi connectivity index (χ1n) is 3.39. The second-order valence-corrected chi connectivity index (χ2v) is 2.50. The van der Waals surface area contributed by atoms with E-state index in [0.717, 1.165) is 26.1 Å². The number of hydrogen-bond acceptors (Lipinski definition) is 2. The minimum absolute atomic E-state index is 0.291. The average Bonchev–Trinajstić information content (AvgIpc) is 1.90. The van der Waals surface area contributed by atoms with Gasteiger partial charge >= 0.3 is 0 Å². The van der Waals surface area contributed by atoms with E-state index in [1.54, 1.807) is 7.85 Å². The zero-order valence-electron chi connectivity index (χ0n) is 5.72. The molecule has 0 aliphatic carbocycles. The van der Waals surface area contributed by atoms with Gasteiger partial charge in [-0.1, -0.05) is 0 Å². The third kappa shape index (κ3) is 1.82. The Morgan fingerprint density at radius 1 is 1.44 bits per heavy atom. The fraction of sp³-hybridized carbons (Fsp3) is 0.833. The smallest absolute Gasteiger partial charge is 0.187 e. The number of rotatable bonds is 1. The summed E-state index contributed by atoms with van der Waals surface area (Å²) in [4.78, 5) is 10.7. The Bertz CT molecular complexity index is 108. The number of carbonyl (C=O) groups is 1. The largest absolute Gasteiger partial charge is 0.381 e. The van der Waals surface area contributed by atoms with Gasteiger partial charge in [0.15, 0.2) is 7.85 Å². The molecule has 0 aromatic carbocycles. The molecule has 50 valence electrons. The quantitative estimate of drug-likeness (QED) is 0.445. The molecule has 1 rings (SSSR count). The second kappa shape index (κ2) is 3.02. The van der Waals surface area contributed by atoms with Gasteiger partial charge in [0, 0.05) is 19.1 Å². The van der Waals surface area contributed by atoms with Crippen LogP contribution in [0.4, 0.5) is 0 Å². The van der Waals surface area contributed by atoms with Crippen molar-refractivity contribution in [3.8, 4) is 0 Å². The van der Waals surface area contributed by atoms with Crippen molar-refractivity contribution in [1.29, 1.82) is 0 Å². The average molecular weight is 126 g/mol. The van der Waals surface area contributed by atoms with Crippen LogP contribution in [-0.4, -0.2) is 26.7 Å². The Hall–Kier alpha value is -0.305. The first-order valence-corrected chi connectivity index (χ1v) is 3.39. The van der Waals surface area contributed by atoms with E-state index in [-0.39, 0.29) is 0 Å². The maximum Gasteiger partial charge on any atom is 0.187 e. The van der Waals surface area contributed by atoms with E-state index in [2.05, 4.69) is 0 Å². The van der Waals surface area contributed by atoms with Gasteiger partial charge in [0.2, 0.25) is 0 Å². The molecule has 0 spiro atoms. The van der Waals surface area contributed by atoms with E-state index in [4.69, 9.17) is 4.74 Å². The van der Waals surface area contributed by atoms with Gasteiger partial charge < -0.3 is 9.53 Å². The molecule has 9 heavy (non-hydrogen) atoms. The lowest BCUT2D eigenvalue weighted by Crippen LogP contribution is -2.23. The van der Waals surface area contributed by atoms with Crippen LogP contribution in [0.3, 0.4) is 0 Å². The van der Waals surface area contributed by atoms with Gasteiger partial charge in [-0.05, 0) is 12.8 Å². The van der Waals surface area contributed by atoms with Crippen molar-refractivity contribution in [2.75, 3.05) is 13.2 Å². The number of hydrogen-bond donors (Lipinski definition) is 0. The Morgan fingerprint density at radius 3 is 2.33 bits per heavy atom. The molecule has 1 saturated heterocycles. The van der Waals surface area contributed by atoms with E-state index < -0.39 is 0 Å². The van der Waals surface area contributed by atoms with Crippen molar-refractivity contribution in [2.45, 2.75) is 12.8 Å². The van der Waals surface area contributed by atoms with E-state index in [9.17, 15) is 4.79 Å². The van der Waals surface area contributed by atoms with E-state index in [0.29, 0.717) is 11.6 Å². The van der Waals surface area contributed by atoms with Gasteiger partial charge in [0.1, 0.15) is 0 Å². The van der Waals surface area contributed by atoms with Crippen molar-refractivity contribution in [3.63, 3.8) is 0 Å². The highest BCUT2D eigenvalue weighted by Gasteiger charge is 2.16. The molecular formula is C6H11BO2. The normalized spacial score (nSPS) is 21.8. The van der Waals surface area contributed by atoms with Gasteiger partial charge in [-0.25, -0.2) is 0 Å². The SMILES string of the molecule is BC(=O)C1CCOCC1. The Balaban J connectivity index is 2.31. The Kier molecular flexibility index (Phi) is 2.28. The molecule has 0 N–H and O–H groups in total. The molecule has 0 bridgehead atoms. The maximum absolute atomic E-state index is 10.7. The third-order valence-electron chi connectivity index (χ3n) is 1.80. The van der Waals surface area contributed by atoms with Crippen LogP contribution in [0.1, 0.15) is 12.8 Å². The van der Waals surface area contributed by atoms with E-state index in [1.165, 1.54) is 0 Å². The van der Waals surface area contributed by atoms with Crippen molar-refractivity contribution in [1.82, 2.24) is 0 Å². The van der Waals surface area contributed by atoms with Crippen LogP contribution < -0.4 is 0 Å². The minimum atomic E-state index is 0.291. The monoisotopic (exact) mass is 126 g/mol. The van der Waals surface area contributed by atoms with Gasteiger partial charge in [0.05, 0.1) is 5.68 Å². The molecule has 0 amide bonds. The van der Waals surface area contributed by atoms with Gasteiger partial charge in [-0.2, -0.15) is 0 Å². The minimum Gasteiger partial charge on any atom is -0.381 e. The summed E-state index contributed by atoms with van der Waals surface area (Å²) >= 11 is 0. The van der Waals surface area contributed by atoms with E-state index in [1.807, 2.05) is 0 Å². The topological polar surface area (TPSA) is 26.3 Å². The molecule has 0 unspecified atom stereocenters. The van der Waals surface area contributed by atoms with Crippen molar-refractivity contribution in [3.05, 3.63) is 0 Å². The fourth-order valence-electron chi connectivity index (χ4n) is 1.10. The highest BCUT2D eigenvalue weighted by atomic mass is 16.5. The van der Waals surface area contributed by atoms with E-state index >= 15 is 0 Å². The third-order valence-corrected chi connectivity index (χ3v) is 1.80. The molecule has 0 aromatic rings. The summed E-state index contributed by atoms with van der Waals surface area (Å²) in [5, 5.41) is 0. The molecule has 0 aromatic heterocycles. The molecule has 1 aliphatic heterocycles. The van der Waals surface area contributed by atoms with Crippen molar-refractivity contribution >= 4 is 13.5 Å². The number of ether oxygens (including phenoxy) is 1. The van der Waals surface area contributed by atoms with Crippen LogP contribution in [0.15, 0.2) is 0 Å². The fourth-order valence-corrected chi connectivity index (χ4v) is 1.10.